The molecule has 7 heteroatoms. The number of hydrogen-bond acceptors (Lipinski definition) is 4. The summed E-state index contributed by atoms with van der Waals surface area (Å²) in [5, 5.41) is 29.3. The standard InChI is InChI=1S/C15H15F2NO4/c16-10-3-7-1-2-18(15(22)9(7)5-11(10)17)12-4-8(6-19)13(20)14(12)21/h1-3,5,8,12-14,19-21H,4,6H2/t8-,12-,13-,14+/m1/s1. The Hall–Kier alpha value is -1.83. The molecule has 4 atom stereocenters. The second-order valence-corrected chi connectivity index (χ2v) is 5.61. The first-order valence-electron chi connectivity index (χ1n) is 6.91. The van der Waals surface area contributed by atoms with Crippen molar-refractivity contribution >= 4 is 10.8 Å². The zero-order chi connectivity index (χ0) is 16.0. The molecule has 1 aliphatic carbocycles. The Bertz CT molecular complexity index is 776. The van der Waals surface area contributed by atoms with Crippen LogP contribution in [0.5, 0.6) is 0 Å². The molecule has 1 aliphatic rings. The minimum Gasteiger partial charge on any atom is -0.396 e. The normalized spacial score (nSPS) is 28.4. The van der Waals surface area contributed by atoms with Crippen molar-refractivity contribution in [3.8, 4) is 0 Å². The van der Waals surface area contributed by atoms with Crippen molar-refractivity contribution in [3.63, 3.8) is 0 Å². The Balaban J connectivity index is 2.11. The molecule has 0 amide bonds. The van der Waals surface area contributed by atoms with E-state index in [-0.39, 0.29) is 23.8 Å². The van der Waals surface area contributed by atoms with Crippen LogP contribution in [0.4, 0.5) is 8.78 Å². The second-order valence-electron chi connectivity index (χ2n) is 5.61. The number of hydrogen-bond donors (Lipinski definition) is 3. The fraction of sp³-hybridized carbons (Fsp3) is 0.400. The van der Waals surface area contributed by atoms with Gasteiger partial charge in [0.2, 0.25) is 0 Å². The Morgan fingerprint density at radius 2 is 1.86 bits per heavy atom. The highest BCUT2D eigenvalue weighted by molar-refractivity contribution is 5.81. The van der Waals surface area contributed by atoms with Gasteiger partial charge in [0.25, 0.3) is 5.56 Å². The van der Waals surface area contributed by atoms with Crippen LogP contribution in [0.2, 0.25) is 0 Å². The molecule has 0 saturated heterocycles. The van der Waals surface area contributed by atoms with Gasteiger partial charge in [-0.1, -0.05) is 0 Å². The number of aliphatic hydroxyl groups is 3. The van der Waals surface area contributed by atoms with E-state index in [9.17, 15) is 28.9 Å². The Morgan fingerprint density at radius 3 is 2.50 bits per heavy atom. The average molecular weight is 311 g/mol. The van der Waals surface area contributed by atoms with Gasteiger partial charge in [0.15, 0.2) is 11.6 Å². The third-order valence-electron chi connectivity index (χ3n) is 4.34. The van der Waals surface area contributed by atoms with Crippen LogP contribution in [0, 0.1) is 17.6 Å². The van der Waals surface area contributed by atoms with Crippen LogP contribution in [-0.4, -0.2) is 38.7 Å². The highest BCUT2D eigenvalue weighted by Crippen LogP contribution is 2.34. The van der Waals surface area contributed by atoms with Crippen molar-refractivity contribution in [1.29, 1.82) is 0 Å². The third-order valence-corrected chi connectivity index (χ3v) is 4.34. The first-order valence-corrected chi connectivity index (χ1v) is 6.91. The van der Waals surface area contributed by atoms with Gasteiger partial charge >= 0.3 is 0 Å². The van der Waals surface area contributed by atoms with Crippen LogP contribution in [0.3, 0.4) is 0 Å². The van der Waals surface area contributed by atoms with Gasteiger partial charge in [0.1, 0.15) is 6.10 Å². The lowest BCUT2D eigenvalue weighted by atomic mass is 10.1. The van der Waals surface area contributed by atoms with Crippen molar-refractivity contribution < 1.29 is 24.1 Å². The molecule has 1 heterocycles. The van der Waals surface area contributed by atoms with Crippen molar-refractivity contribution in [2.75, 3.05) is 6.61 Å². The van der Waals surface area contributed by atoms with Gasteiger partial charge in [-0.2, -0.15) is 0 Å². The van der Waals surface area contributed by atoms with Gasteiger partial charge in [-0.15, -0.1) is 0 Å². The van der Waals surface area contributed by atoms with Crippen LogP contribution in [0.15, 0.2) is 29.2 Å². The molecule has 3 rings (SSSR count). The number of rotatable bonds is 2. The van der Waals surface area contributed by atoms with Gasteiger partial charge in [-0.05, 0) is 30.0 Å². The van der Waals surface area contributed by atoms with Crippen LogP contribution >= 0.6 is 0 Å². The lowest BCUT2D eigenvalue weighted by Crippen LogP contribution is -2.34. The predicted molar refractivity (Wildman–Crippen MR) is 74.4 cm³/mol. The van der Waals surface area contributed by atoms with E-state index < -0.39 is 41.4 Å². The molecule has 1 saturated carbocycles. The highest BCUT2D eigenvalue weighted by Gasteiger charge is 2.42. The highest BCUT2D eigenvalue weighted by atomic mass is 19.2. The van der Waals surface area contributed by atoms with Crippen molar-refractivity contribution in [2.24, 2.45) is 5.92 Å². The van der Waals surface area contributed by atoms with E-state index in [0.29, 0.717) is 0 Å². The molecule has 0 radical (unpaired) electrons. The van der Waals surface area contributed by atoms with Crippen LogP contribution in [0.25, 0.3) is 10.8 Å². The van der Waals surface area contributed by atoms with Gasteiger partial charge in [-0.25, -0.2) is 8.78 Å². The largest absolute Gasteiger partial charge is 0.396 e. The Morgan fingerprint density at radius 1 is 1.18 bits per heavy atom. The first kappa shape index (κ1) is 15.1. The molecule has 0 unspecified atom stereocenters. The van der Waals surface area contributed by atoms with E-state index in [2.05, 4.69) is 0 Å². The van der Waals surface area contributed by atoms with Crippen LogP contribution < -0.4 is 5.56 Å². The summed E-state index contributed by atoms with van der Waals surface area (Å²) < 4.78 is 27.8. The van der Waals surface area contributed by atoms with Crippen molar-refractivity contribution in [1.82, 2.24) is 4.57 Å². The van der Waals surface area contributed by atoms with Crippen molar-refractivity contribution in [2.45, 2.75) is 24.7 Å². The van der Waals surface area contributed by atoms with Crippen molar-refractivity contribution in [3.05, 3.63) is 46.4 Å². The Labute approximate surface area is 124 Å². The maximum atomic E-state index is 13.3. The van der Waals surface area contributed by atoms with E-state index >= 15 is 0 Å². The summed E-state index contributed by atoms with van der Waals surface area (Å²) in [5.74, 6) is -2.70. The van der Waals surface area contributed by atoms with Gasteiger partial charge in [-0.3, -0.25) is 4.79 Å². The monoisotopic (exact) mass is 311 g/mol. The zero-order valence-electron chi connectivity index (χ0n) is 11.5. The quantitative estimate of drug-likeness (QED) is 0.756. The lowest BCUT2D eigenvalue weighted by Gasteiger charge is -2.19. The minimum absolute atomic E-state index is 0.00413. The van der Waals surface area contributed by atoms with E-state index in [1.807, 2.05) is 0 Å². The minimum atomic E-state index is -1.21. The zero-order valence-corrected chi connectivity index (χ0v) is 11.5. The number of aromatic nitrogens is 1. The number of aliphatic hydroxyl groups excluding tert-OH is 3. The van der Waals surface area contributed by atoms with Crippen LogP contribution in [0.1, 0.15) is 12.5 Å². The maximum absolute atomic E-state index is 13.3. The summed E-state index contributed by atoms with van der Waals surface area (Å²) >= 11 is 0. The van der Waals surface area contributed by atoms with Gasteiger partial charge < -0.3 is 19.9 Å². The molecule has 22 heavy (non-hydrogen) atoms. The smallest absolute Gasteiger partial charge is 0.258 e. The molecule has 118 valence electrons. The van der Waals surface area contributed by atoms with Gasteiger partial charge in [0.05, 0.1) is 17.5 Å². The van der Waals surface area contributed by atoms with E-state index in [0.717, 1.165) is 12.1 Å². The molecule has 1 aromatic heterocycles. The Kier molecular flexibility index (Phi) is 3.72. The molecule has 3 N–H and O–H groups in total. The first-order chi connectivity index (χ1) is 10.4. The SMILES string of the molecule is O=c1c2cc(F)c(F)cc2ccn1[C@@H]1C[C@H](CO)[C@@H](O)[C@H]1O. The van der Waals surface area contributed by atoms with E-state index in [1.54, 1.807) is 0 Å². The summed E-state index contributed by atoms with van der Waals surface area (Å²) in [7, 11) is 0. The number of nitrogens with zero attached hydrogens (tertiary/aromatic N) is 1. The molecule has 1 fully saturated rings. The molecule has 0 spiro atoms. The van der Waals surface area contributed by atoms with Gasteiger partial charge in [0, 0.05) is 18.7 Å². The number of fused-ring (bicyclic) bond motifs is 1. The number of benzene rings is 1. The van der Waals surface area contributed by atoms with Crippen LogP contribution in [-0.2, 0) is 0 Å². The number of halogens is 2. The lowest BCUT2D eigenvalue weighted by molar-refractivity contribution is -0.00436. The van der Waals surface area contributed by atoms with E-state index in [1.165, 1.54) is 16.8 Å². The summed E-state index contributed by atoms with van der Waals surface area (Å²) in [4.78, 5) is 12.4. The molecule has 0 bridgehead atoms. The molecule has 2 aromatic rings. The fourth-order valence-electron chi connectivity index (χ4n) is 3.07. The third kappa shape index (κ3) is 2.22. The predicted octanol–water partition coefficient (Wildman–Crippen LogP) is 0.555. The second kappa shape index (κ2) is 5.42. The maximum Gasteiger partial charge on any atom is 0.258 e. The van der Waals surface area contributed by atoms with E-state index in [4.69, 9.17) is 0 Å². The summed E-state index contributed by atoms with van der Waals surface area (Å²) in [6, 6.07) is 2.49. The topological polar surface area (TPSA) is 82.7 Å². The summed E-state index contributed by atoms with van der Waals surface area (Å²) in [6.07, 6.45) is -0.754. The number of pyridine rings is 1. The fourth-order valence-corrected chi connectivity index (χ4v) is 3.07. The summed E-state index contributed by atoms with van der Waals surface area (Å²) in [6.45, 7) is -0.309. The molecule has 0 aliphatic heterocycles. The molecule has 5 nitrogen and oxygen atoms in total. The summed E-state index contributed by atoms with van der Waals surface area (Å²) in [5.41, 5.74) is -0.578. The molecular weight excluding hydrogens is 296 g/mol. The molecule has 1 aromatic carbocycles. The average Bonchev–Trinajstić information content (AvgIpc) is 2.78. The molecular formula is C15H15F2NO4.